The molecule has 1 N–H and O–H groups in total. The predicted octanol–water partition coefficient (Wildman–Crippen LogP) is 4.23. The van der Waals surface area contributed by atoms with Gasteiger partial charge in [0.05, 0.1) is 6.04 Å². The van der Waals surface area contributed by atoms with Crippen molar-refractivity contribution in [2.75, 3.05) is 37.6 Å². The normalized spacial score (nSPS) is 18.3. The summed E-state index contributed by atoms with van der Waals surface area (Å²) in [7, 11) is 0. The van der Waals surface area contributed by atoms with Crippen LogP contribution in [0.2, 0.25) is 5.02 Å². The Bertz CT molecular complexity index is 1120. The van der Waals surface area contributed by atoms with Crippen LogP contribution in [-0.4, -0.2) is 59.5 Å². The largest absolute Gasteiger partial charge is 0.369 e. The fraction of sp³-hybridized carbons (Fsp3) is 0.400. The summed E-state index contributed by atoms with van der Waals surface area (Å²) in [4.78, 5) is 23.6. The number of anilines is 1. The van der Waals surface area contributed by atoms with E-state index in [-0.39, 0.29) is 11.9 Å². The average molecular weight is 437 g/mol. The molecule has 0 saturated carbocycles. The van der Waals surface area contributed by atoms with Crippen LogP contribution in [0.5, 0.6) is 0 Å². The Morgan fingerprint density at radius 3 is 2.65 bits per heavy atom. The quantitative estimate of drug-likeness (QED) is 0.668. The summed E-state index contributed by atoms with van der Waals surface area (Å²) < 4.78 is 0. The first-order chi connectivity index (χ1) is 15.0. The first-order valence-electron chi connectivity index (χ1n) is 11.1. The first kappa shape index (κ1) is 20.4. The topological polar surface area (TPSA) is 42.6 Å². The lowest BCUT2D eigenvalue weighted by Gasteiger charge is -2.40. The van der Waals surface area contributed by atoms with E-state index in [1.165, 1.54) is 33.4 Å². The van der Waals surface area contributed by atoms with E-state index in [0.717, 1.165) is 44.2 Å². The molecule has 2 aromatic carbocycles. The van der Waals surface area contributed by atoms with Crippen molar-refractivity contribution in [1.29, 1.82) is 0 Å². The van der Waals surface area contributed by atoms with Gasteiger partial charge in [-0.3, -0.25) is 9.69 Å². The van der Waals surface area contributed by atoms with Gasteiger partial charge in [0.2, 0.25) is 5.91 Å². The predicted molar refractivity (Wildman–Crippen MR) is 127 cm³/mol. The van der Waals surface area contributed by atoms with Crippen molar-refractivity contribution in [2.45, 2.75) is 32.9 Å². The summed E-state index contributed by atoms with van der Waals surface area (Å²) in [6.45, 7) is 9.24. The molecule has 5 nitrogen and oxygen atoms in total. The number of aryl methyl sites for hydroxylation is 1. The zero-order chi connectivity index (χ0) is 21.5. The third-order valence-corrected chi connectivity index (χ3v) is 7.16. The van der Waals surface area contributed by atoms with Gasteiger partial charge < -0.3 is 14.8 Å². The second-order valence-electron chi connectivity index (χ2n) is 8.77. The van der Waals surface area contributed by atoms with Crippen LogP contribution in [-0.2, 0) is 17.8 Å². The SMILES string of the molecule is Cc1ccc(Cl)cc1N1CCN([C@H](C)C(=O)N2CCc3[nH]c4ccccc4c3C2)CC1. The lowest BCUT2D eigenvalue weighted by molar-refractivity contribution is -0.137. The molecule has 0 radical (unpaired) electrons. The van der Waals surface area contributed by atoms with E-state index in [2.05, 4.69) is 59.0 Å². The third-order valence-electron chi connectivity index (χ3n) is 6.93. The van der Waals surface area contributed by atoms with Gasteiger partial charge in [0.25, 0.3) is 0 Å². The Morgan fingerprint density at radius 1 is 1.06 bits per heavy atom. The maximum atomic E-state index is 13.4. The maximum Gasteiger partial charge on any atom is 0.239 e. The minimum atomic E-state index is -0.102. The van der Waals surface area contributed by atoms with E-state index < -0.39 is 0 Å². The number of aromatic amines is 1. The highest BCUT2D eigenvalue weighted by Gasteiger charge is 2.31. The molecule has 1 atom stereocenters. The summed E-state index contributed by atoms with van der Waals surface area (Å²) in [5.74, 6) is 0.239. The molecule has 0 aliphatic carbocycles. The van der Waals surface area contributed by atoms with Crippen molar-refractivity contribution in [2.24, 2.45) is 0 Å². The van der Waals surface area contributed by atoms with Gasteiger partial charge in [0, 0.05) is 78.6 Å². The molecule has 0 spiro atoms. The number of piperazine rings is 1. The molecule has 3 aromatic rings. The summed E-state index contributed by atoms with van der Waals surface area (Å²) >= 11 is 6.22. The van der Waals surface area contributed by atoms with E-state index in [0.29, 0.717) is 6.54 Å². The monoisotopic (exact) mass is 436 g/mol. The van der Waals surface area contributed by atoms with Crippen LogP contribution in [0.4, 0.5) is 5.69 Å². The van der Waals surface area contributed by atoms with Crippen LogP contribution in [0.25, 0.3) is 10.9 Å². The number of hydrogen-bond donors (Lipinski definition) is 1. The molecule has 1 saturated heterocycles. The van der Waals surface area contributed by atoms with Gasteiger partial charge >= 0.3 is 0 Å². The fourth-order valence-corrected chi connectivity index (χ4v) is 5.21. The Balaban J connectivity index is 1.24. The number of rotatable bonds is 3. The number of nitrogens with one attached hydrogen (secondary N) is 1. The number of fused-ring (bicyclic) bond motifs is 3. The Labute approximate surface area is 188 Å². The number of para-hydroxylation sites is 1. The number of hydrogen-bond acceptors (Lipinski definition) is 3. The molecule has 2 aliphatic rings. The minimum absolute atomic E-state index is 0.102. The van der Waals surface area contributed by atoms with Crippen molar-refractivity contribution in [3.63, 3.8) is 0 Å². The van der Waals surface area contributed by atoms with Crippen LogP contribution >= 0.6 is 11.6 Å². The van der Waals surface area contributed by atoms with Gasteiger partial charge in [-0.2, -0.15) is 0 Å². The molecule has 31 heavy (non-hydrogen) atoms. The average Bonchev–Trinajstić information content (AvgIpc) is 3.18. The standard InChI is InChI=1S/C25H29ClN4O/c1-17-7-8-19(26)15-24(17)29-13-11-28(12-14-29)18(2)25(31)30-10-9-23-21(16-30)20-5-3-4-6-22(20)27-23/h3-8,15,18,27H,9-14,16H2,1-2H3/t18-/m1/s1. The van der Waals surface area contributed by atoms with Crippen molar-refractivity contribution < 1.29 is 4.79 Å². The Hall–Kier alpha value is -2.50. The molecule has 0 bridgehead atoms. The molecule has 3 heterocycles. The van der Waals surface area contributed by atoms with E-state index in [4.69, 9.17) is 11.6 Å². The van der Waals surface area contributed by atoms with Gasteiger partial charge in [-0.25, -0.2) is 0 Å². The molecule has 6 heteroatoms. The summed E-state index contributed by atoms with van der Waals surface area (Å²) in [6.07, 6.45) is 0.893. The minimum Gasteiger partial charge on any atom is -0.369 e. The van der Waals surface area contributed by atoms with Crippen LogP contribution in [0.3, 0.4) is 0 Å². The lowest BCUT2D eigenvalue weighted by Crippen LogP contribution is -2.55. The number of amides is 1. The number of benzene rings is 2. The number of H-pyrrole nitrogens is 1. The number of aromatic nitrogens is 1. The third kappa shape index (κ3) is 3.81. The van der Waals surface area contributed by atoms with Gasteiger partial charge in [0.15, 0.2) is 0 Å². The molecular weight excluding hydrogens is 408 g/mol. The number of carbonyl (C=O) groups is 1. The van der Waals surface area contributed by atoms with Gasteiger partial charge in [-0.05, 0) is 37.6 Å². The highest BCUT2D eigenvalue weighted by atomic mass is 35.5. The van der Waals surface area contributed by atoms with E-state index >= 15 is 0 Å². The second-order valence-corrected chi connectivity index (χ2v) is 9.20. The number of carbonyl (C=O) groups excluding carboxylic acids is 1. The number of halogens is 1. The van der Waals surface area contributed by atoms with E-state index in [1.54, 1.807) is 0 Å². The molecule has 2 aliphatic heterocycles. The van der Waals surface area contributed by atoms with Crippen LogP contribution in [0.15, 0.2) is 42.5 Å². The smallest absolute Gasteiger partial charge is 0.239 e. The van der Waals surface area contributed by atoms with Gasteiger partial charge in [-0.1, -0.05) is 35.9 Å². The van der Waals surface area contributed by atoms with E-state index in [1.807, 2.05) is 17.0 Å². The molecule has 1 amide bonds. The Morgan fingerprint density at radius 2 is 1.84 bits per heavy atom. The molecule has 1 aromatic heterocycles. The van der Waals surface area contributed by atoms with Crippen molar-refractivity contribution >= 4 is 34.1 Å². The van der Waals surface area contributed by atoms with E-state index in [9.17, 15) is 4.79 Å². The zero-order valence-corrected chi connectivity index (χ0v) is 19.0. The molecule has 5 rings (SSSR count). The van der Waals surface area contributed by atoms with Crippen molar-refractivity contribution in [3.05, 3.63) is 64.3 Å². The van der Waals surface area contributed by atoms with Gasteiger partial charge in [-0.15, -0.1) is 0 Å². The summed E-state index contributed by atoms with van der Waals surface area (Å²) in [5, 5.41) is 2.02. The first-order valence-corrected chi connectivity index (χ1v) is 11.5. The highest BCUT2D eigenvalue weighted by Crippen LogP contribution is 2.29. The number of nitrogens with zero attached hydrogens (tertiary/aromatic N) is 3. The Kier molecular flexibility index (Phi) is 5.40. The van der Waals surface area contributed by atoms with Crippen LogP contribution in [0, 0.1) is 6.92 Å². The molecule has 162 valence electrons. The second kappa shape index (κ2) is 8.21. The van der Waals surface area contributed by atoms with Crippen LogP contribution in [0.1, 0.15) is 23.7 Å². The zero-order valence-electron chi connectivity index (χ0n) is 18.2. The summed E-state index contributed by atoms with van der Waals surface area (Å²) in [5.41, 5.74) is 6.17. The van der Waals surface area contributed by atoms with Crippen molar-refractivity contribution in [3.8, 4) is 0 Å². The van der Waals surface area contributed by atoms with Crippen LogP contribution < -0.4 is 4.90 Å². The molecule has 0 unspecified atom stereocenters. The van der Waals surface area contributed by atoms with Crippen molar-refractivity contribution in [1.82, 2.24) is 14.8 Å². The maximum absolute atomic E-state index is 13.4. The lowest BCUT2D eigenvalue weighted by atomic mass is 10.0. The highest BCUT2D eigenvalue weighted by molar-refractivity contribution is 6.30. The van der Waals surface area contributed by atoms with Gasteiger partial charge in [0.1, 0.15) is 0 Å². The molecular formula is C25H29ClN4O. The fourth-order valence-electron chi connectivity index (χ4n) is 5.05. The molecule has 1 fully saturated rings. The summed E-state index contributed by atoms with van der Waals surface area (Å²) in [6, 6.07) is 14.4.